The van der Waals surface area contributed by atoms with Crippen molar-refractivity contribution >= 4 is 29.0 Å². The molecule has 5 rings (SSSR count). The molecule has 0 spiro atoms. The van der Waals surface area contributed by atoms with Gasteiger partial charge in [0.25, 0.3) is 0 Å². The predicted octanol–water partition coefficient (Wildman–Crippen LogP) is 3.73. The van der Waals surface area contributed by atoms with E-state index in [1.807, 2.05) is 45.3 Å². The molecule has 1 aromatic carbocycles. The number of hydrogen-bond donors (Lipinski definition) is 0. The van der Waals surface area contributed by atoms with Gasteiger partial charge in [-0.2, -0.15) is 4.98 Å². The molecule has 0 saturated carbocycles. The molecule has 1 saturated heterocycles. The van der Waals surface area contributed by atoms with Crippen molar-refractivity contribution in [1.29, 1.82) is 0 Å². The zero-order valence-electron chi connectivity index (χ0n) is 18.3. The molecule has 33 heavy (non-hydrogen) atoms. The van der Waals surface area contributed by atoms with Gasteiger partial charge >= 0.3 is 0 Å². The van der Waals surface area contributed by atoms with Crippen LogP contribution < -0.4 is 0 Å². The van der Waals surface area contributed by atoms with Crippen LogP contribution in [0.1, 0.15) is 11.5 Å². The maximum absolute atomic E-state index is 12.8. The Kier molecular flexibility index (Phi) is 6.56. The first-order chi connectivity index (χ1) is 16.2. The lowest BCUT2D eigenvalue weighted by atomic mass is 10.2. The molecule has 170 valence electrons. The molecule has 0 aliphatic carbocycles. The number of carbonyl (C=O) groups excluding carboxylic acids is 1. The number of rotatable bonds is 7. The van der Waals surface area contributed by atoms with Gasteiger partial charge in [0.2, 0.25) is 17.6 Å². The Bertz CT molecular complexity index is 1210. The first kappa shape index (κ1) is 21.9. The number of para-hydroxylation sites is 1. The Morgan fingerprint density at radius 2 is 2.00 bits per heavy atom. The number of thiophene rings is 1. The molecule has 0 atom stereocenters. The summed E-state index contributed by atoms with van der Waals surface area (Å²) in [5, 5.41) is 6.90. The minimum absolute atomic E-state index is 0.136. The fourth-order valence-electron chi connectivity index (χ4n) is 3.80. The van der Waals surface area contributed by atoms with Gasteiger partial charge in [-0.3, -0.25) is 14.3 Å². The van der Waals surface area contributed by atoms with Crippen LogP contribution in [0.2, 0.25) is 0 Å². The summed E-state index contributed by atoms with van der Waals surface area (Å²) in [6.07, 6.45) is 3.72. The van der Waals surface area contributed by atoms with Gasteiger partial charge in [-0.25, -0.2) is 4.98 Å². The largest absolute Gasteiger partial charge is 0.339 e. The Morgan fingerprint density at radius 1 is 1.15 bits per heavy atom. The quantitative estimate of drug-likeness (QED) is 0.373. The molecular formula is C23H24N6O2S2. The molecule has 1 aliphatic heterocycles. The lowest BCUT2D eigenvalue weighted by molar-refractivity contribution is -0.130. The smallest absolute Gasteiger partial charge is 0.241 e. The van der Waals surface area contributed by atoms with Gasteiger partial charge in [0.1, 0.15) is 0 Å². The van der Waals surface area contributed by atoms with Gasteiger partial charge in [0.05, 0.1) is 22.9 Å². The molecule has 10 heteroatoms. The third-order valence-corrected chi connectivity index (χ3v) is 7.42. The van der Waals surface area contributed by atoms with Crippen LogP contribution in [0.5, 0.6) is 0 Å². The first-order valence-electron chi connectivity index (χ1n) is 10.8. The number of amides is 1. The molecule has 0 bridgehead atoms. The maximum Gasteiger partial charge on any atom is 0.241 e. The lowest BCUT2D eigenvalue weighted by Crippen LogP contribution is -2.48. The van der Waals surface area contributed by atoms with Crippen LogP contribution >= 0.6 is 23.1 Å². The van der Waals surface area contributed by atoms with E-state index in [9.17, 15) is 4.79 Å². The summed E-state index contributed by atoms with van der Waals surface area (Å²) in [6, 6.07) is 12.1. The van der Waals surface area contributed by atoms with E-state index in [0.29, 0.717) is 37.1 Å². The van der Waals surface area contributed by atoms with E-state index in [4.69, 9.17) is 4.52 Å². The van der Waals surface area contributed by atoms with Gasteiger partial charge in [-0.15, -0.1) is 11.3 Å². The average Bonchev–Trinajstić information content (AvgIpc) is 3.60. The van der Waals surface area contributed by atoms with Crippen LogP contribution in [0.25, 0.3) is 16.4 Å². The molecule has 3 aromatic heterocycles. The van der Waals surface area contributed by atoms with Crippen LogP contribution in [-0.2, 0) is 11.3 Å². The molecule has 0 unspecified atom stereocenters. The highest BCUT2D eigenvalue weighted by Gasteiger charge is 2.23. The van der Waals surface area contributed by atoms with E-state index in [-0.39, 0.29) is 5.91 Å². The van der Waals surface area contributed by atoms with Gasteiger partial charge in [0, 0.05) is 38.6 Å². The minimum Gasteiger partial charge on any atom is -0.339 e. The van der Waals surface area contributed by atoms with Crippen molar-refractivity contribution in [2.45, 2.75) is 18.6 Å². The summed E-state index contributed by atoms with van der Waals surface area (Å²) in [4.78, 5) is 26.9. The number of benzene rings is 1. The molecule has 4 aromatic rings. The van der Waals surface area contributed by atoms with Gasteiger partial charge < -0.3 is 9.42 Å². The summed E-state index contributed by atoms with van der Waals surface area (Å²) >= 11 is 3.07. The Morgan fingerprint density at radius 3 is 2.79 bits per heavy atom. The number of carbonyl (C=O) groups is 1. The van der Waals surface area contributed by atoms with Crippen molar-refractivity contribution in [3.05, 3.63) is 65.6 Å². The van der Waals surface area contributed by atoms with E-state index in [1.54, 1.807) is 17.5 Å². The predicted molar refractivity (Wildman–Crippen MR) is 128 cm³/mol. The summed E-state index contributed by atoms with van der Waals surface area (Å²) in [7, 11) is 0. The van der Waals surface area contributed by atoms with Crippen molar-refractivity contribution < 1.29 is 9.32 Å². The molecule has 0 radical (unpaired) electrons. The number of hydrogen-bond acceptors (Lipinski definition) is 8. The number of aryl methyl sites for hydroxylation is 1. The van der Waals surface area contributed by atoms with E-state index < -0.39 is 0 Å². The van der Waals surface area contributed by atoms with Gasteiger partial charge in [-0.1, -0.05) is 41.2 Å². The van der Waals surface area contributed by atoms with Crippen LogP contribution in [0.15, 0.2) is 63.9 Å². The molecular weight excluding hydrogens is 456 g/mol. The van der Waals surface area contributed by atoms with E-state index in [2.05, 4.69) is 39.1 Å². The number of piperazine rings is 1. The second-order valence-electron chi connectivity index (χ2n) is 7.80. The highest BCUT2D eigenvalue weighted by molar-refractivity contribution is 7.99. The molecule has 1 fully saturated rings. The molecule has 0 N–H and O–H groups in total. The number of thioether (sulfide) groups is 1. The summed E-state index contributed by atoms with van der Waals surface area (Å²) < 4.78 is 7.45. The van der Waals surface area contributed by atoms with Crippen molar-refractivity contribution in [1.82, 2.24) is 29.5 Å². The Labute approximate surface area is 200 Å². The standard InChI is InChI=1S/C23H24N6O2S2/c1-17-5-2-3-6-18(17)29-9-8-24-23(29)33-16-21(30)28-12-10-27(11-13-28)15-20-25-22(26-31-20)19-7-4-14-32-19/h2-9,14H,10-13,15-16H2,1H3. The summed E-state index contributed by atoms with van der Waals surface area (Å²) in [5.41, 5.74) is 2.25. The van der Waals surface area contributed by atoms with Crippen LogP contribution in [-0.4, -0.2) is 67.3 Å². The minimum atomic E-state index is 0.136. The first-order valence-corrected chi connectivity index (χ1v) is 12.6. The van der Waals surface area contributed by atoms with E-state index in [1.165, 1.54) is 17.3 Å². The monoisotopic (exact) mass is 480 g/mol. The van der Waals surface area contributed by atoms with Crippen molar-refractivity contribution in [2.75, 3.05) is 31.9 Å². The highest BCUT2D eigenvalue weighted by atomic mass is 32.2. The topological polar surface area (TPSA) is 80.3 Å². The summed E-state index contributed by atoms with van der Waals surface area (Å²) in [6.45, 7) is 5.62. The number of nitrogens with zero attached hydrogens (tertiary/aromatic N) is 6. The SMILES string of the molecule is Cc1ccccc1-n1ccnc1SCC(=O)N1CCN(Cc2nc(-c3cccs3)no2)CC1. The number of imidazole rings is 1. The van der Waals surface area contributed by atoms with Crippen molar-refractivity contribution in [3.63, 3.8) is 0 Å². The Hall–Kier alpha value is -2.95. The highest BCUT2D eigenvalue weighted by Crippen LogP contribution is 2.24. The van der Waals surface area contributed by atoms with E-state index >= 15 is 0 Å². The van der Waals surface area contributed by atoms with Crippen LogP contribution in [0.4, 0.5) is 0 Å². The zero-order valence-corrected chi connectivity index (χ0v) is 19.9. The van der Waals surface area contributed by atoms with Gasteiger partial charge in [0.15, 0.2) is 5.16 Å². The van der Waals surface area contributed by atoms with Gasteiger partial charge in [-0.05, 0) is 30.0 Å². The number of aromatic nitrogens is 4. The third kappa shape index (κ3) is 5.02. The summed E-state index contributed by atoms with van der Waals surface area (Å²) in [5.74, 6) is 1.75. The molecule has 8 nitrogen and oxygen atoms in total. The Balaban J connectivity index is 1.12. The average molecular weight is 481 g/mol. The van der Waals surface area contributed by atoms with Crippen LogP contribution in [0.3, 0.4) is 0 Å². The van der Waals surface area contributed by atoms with Crippen molar-refractivity contribution in [2.24, 2.45) is 0 Å². The second kappa shape index (κ2) is 9.90. The fraction of sp³-hybridized carbons (Fsp3) is 0.304. The normalized spacial score (nSPS) is 14.6. The van der Waals surface area contributed by atoms with Crippen LogP contribution in [0, 0.1) is 6.92 Å². The lowest BCUT2D eigenvalue weighted by Gasteiger charge is -2.33. The van der Waals surface area contributed by atoms with E-state index in [0.717, 1.165) is 28.8 Å². The maximum atomic E-state index is 12.8. The molecule has 4 heterocycles. The second-order valence-corrected chi connectivity index (χ2v) is 9.69. The zero-order chi connectivity index (χ0) is 22.6. The molecule has 1 aliphatic rings. The molecule has 1 amide bonds. The van der Waals surface area contributed by atoms with Crippen molar-refractivity contribution in [3.8, 4) is 16.4 Å². The fourth-order valence-corrected chi connectivity index (χ4v) is 5.32. The third-order valence-electron chi connectivity index (χ3n) is 5.60.